The van der Waals surface area contributed by atoms with Gasteiger partial charge in [-0.15, -0.1) is 4.57 Å². The van der Waals surface area contributed by atoms with Crippen LogP contribution >= 0.6 is 0 Å². The monoisotopic (exact) mass is 497 g/mol. The van der Waals surface area contributed by atoms with E-state index >= 15 is 0 Å². The Morgan fingerprint density at radius 3 is 2.44 bits per heavy atom. The fourth-order valence-electron chi connectivity index (χ4n) is 8.03. The molecule has 0 saturated carbocycles. The normalized spacial score (nSPS) is 17.5. The Labute approximate surface area is 222 Å². The first-order valence-corrected chi connectivity index (χ1v) is 13.5. The van der Waals surface area contributed by atoms with Gasteiger partial charge in [0, 0.05) is 22.9 Å². The molecule has 178 valence electrons. The van der Waals surface area contributed by atoms with Crippen LogP contribution in [0.4, 0.5) is 0 Å². The molecular formula is C35H19N3O+2. The standard InChI is InChI=1S/C35H19N3O/c1-2-9-21-19-28-25(18-20(21)8-1)22-15-16-30-38-33(22)34-32(24-10-3-4-13-27(24)37(28)34)35(38)31-23(11-7-14-29(31)39-30)26-12-5-6-17-36(26)35/h1-19H/q+2. The van der Waals surface area contributed by atoms with Crippen molar-refractivity contribution in [3.63, 3.8) is 0 Å². The van der Waals surface area contributed by atoms with Crippen LogP contribution in [0.5, 0.6) is 11.6 Å². The van der Waals surface area contributed by atoms with E-state index in [1.807, 2.05) is 0 Å². The van der Waals surface area contributed by atoms with Crippen LogP contribution in [-0.4, -0.2) is 4.40 Å². The maximum atomic E-state index is 6.72. The molecule has 0 bridgehead atoms. The summed E-state index contributed by atoms with van der Waals surface area (Å²) in [5.74, 6) is 1.81. The molecule has 0 amide bonds. The lowest BCUT2D eigenvalue weighted by Gasteiger charge is -2.24. The van der Waals surface area contributed by atoms with E-state index in [9.17, 15) is 0 Å². The predicted octanol–water partition coefficient (Wildman–Crippen LogP) is 6.82. The van der Waals surface area contributed by atoms with Crippen molar-refractivity contribution in [2.75, 3.05) is 0 Å². The zero-order valence-electron chi connectivity index (χ0n) is 20.7. The second-order valence-electron chi connectivity index (χ2n) is 11.0. The highest BCUT2D eigenvalue weighted by Gasteiger charge is 2.71. The third kappa shape index (κ3) is 1.82. The number of ether oxygens (including phenoxy) is 1. The van der Waals surface area contributed by atoms with Gasteiger partial charge in [0.1, 0.15) is 11.1 Å². The number of para-hydroxylation sites is 1. The molecule has 39 heavy (non-hydrogen) atoms. The number of fused-ring (bicyclic) bond motifs is 9. The Hall–Kier alpha value is -5.22. The molecule has 4 aromatic heterocycles. The molecule has 1 unspecified atom stereocenters. The van der Waals surface area contributed by atoms with Crippen LogP contribution in [0.25, 0.3) is 60.3 Å². The summed E-state index contributed by atoms with van der Waals surface area (Å²) in [4.78, 5) is 0. The van der Waals surface area contributed by atoms with Gasteiger partial charge in [-0.3, -0.25) is 0 Å². The van der Waals surface area contributed by atoms with Gasteiger partial charge in [0.15, 0.2) is 17.5 Å². The molecule has 4 nitrogen and oxygen atoms in total. The van der Waals surface area contributed by atoms with Gasteiger partial charge < -0.3 is 9.14 Å². The molecule has 8 aromatic rings. The number of benzene rings is 4. The zero-order valence-corrected chi connectivity index (χ0v) is 20.7. The molecule has 3 aliphatic heterocycles. The van der Waals surface area contributed by atoms with Gasteiger partial charge in [0.25, 0.3) is 0 Å². The van der Waals surface area contributed by atoms with Crippen molar-refractivity contribution in [3.8, 4) is 22.9 Å². The quantitative estimate of drug-likeness (QED) is 0.128. The molecule has 0 N–H and O–H groups in total. The minimum absolute atomic E-state index is 0.566. The van der Waals surface area contributed by atoms with Crippen molar-refractivity contribution in [1.82, 2.24) is 4.40 Å². The van der Waals surface area contributed by atoms with Gasteiger partial charge in [-0.05, 0) is 53.2 Å². The lowest BCUT2D eigenvalue weighted by atomic mass is 9.89. The van der Waals surface area contributed by atoms with Gasteiger partial charge in [0.2, 0.25) is 11.2 Å². The van der Waals surface area contributed by atoms with Crippen molar-refractivity contribution < 1.29 is 13.9 Å². The first-order chi connectivity index (χ1) is 19.4. The van der Waals surface area contributed by atoms with Crippen LogP contribution in [0.2, 0.25) is 0 Å². The average molecular weight is 498 g/mol. The van der Waals surface area contributed by atoms with E-state index in [-0.39, 0.29) is 0 Å². The fourth-order valence-corrected chi connectivity index (χ4v) is 8.03. The number of aromatic nitrogens is 3. The van der Waals surface area contributed by atoms with Crippen LogP contribution in [0.15, 0.2) is 115 Å². The first-order valence-electron chi connectivity index (χ1n) is 13.5. The number of rotatable bonds is 0. The highest BCUT2D eigenvalue weighted by atomic mass is 16.5. The van der Waals surface area contributed by atoms with Crippen LogP contribution in [0, 0.1) is 0 Å². The molecular weight excluding hydrogens is 478 g/mol. The van der Waals surface area contributed by atoms with Gasteiger partial charge in [-0.25, -0.2) is 0 Å². The SMILES string of the molecule is c1cc2c3c(c1)-c1cccc[n+]1C31c3c4ccccc4n4c5cc6ccccc6cc5c5ccc([n+]1c5c34)O2. The molecule has 4 heteroatoms. The van der Waals surface area contributed by atoms with E-state index in [4.69, 9.17) is 4.74 Å². The highest BCUT2D eigenvalue weighted by molar-refractivity contribution is 6.18. The highest BCUT2D eigenvalue weighted by Crippen LogP contribution is 2.56. The van der Waals surface area contributed by atoms with Gasteiger partial charge in [-0.2, -0.15) is 0 Å². The van der Waals surface area contributed by atoms with Crippen molar-refractivity contribution in [2.45, 2.75) is 5.66 Å². The van der Waals surface area contributed by atoms with Crippen molar-refractivity contribution in [2.24, 2.45) is 0 Å². The minimum atomic E-state index is -0.566. The van der Waals surface area contributed by atoms with Gasteiger partial charge >= 0.3 is 11.5 Å². The lowest BCUT2D eigenvalue weighted by Crippen LogP contribution is -2.72. The second kappa shape index (κ2) is 5.92. The molecule has 3 aliphatic rings. The van der Waals surface area contributed by atoms with Crippen LogP contribution in [-0.2, 0) is 5.66 Å². The lowest BCUT2D eigenvalue weighted by molar-refractivity contribution is -0.952. The maximum Gasteiger partial charge on any atom is 0.426 e. The molecule has 4 aromatic carbocycles. The Bertz CT molecular complexity index is 2490. The Morgan fingerprint density at radius 1 is 0.641 bits per heavy atom. The Morgan fingerprint density at radius 2 is 1.49 bits per heavy atom. The Balaban J connectivity index is 1.52. The average Bonchev–Trinajstić information content (AvgIpc) is 3.60. The van der Waals surface area contributed by atoms with Crippen LogP contribution in [0.1, 0.15) is 11.1 Å². The molecule has 1 spiro atoms. The van der Waals surface area contributed by atoms with E-state index in [2.05, 4.69) is 129 Å². The molecule has 0 saturated heterocycles. The summed E-state index contributed by atoms with van der Waals surface area (Å²) in [6.07, 6.45) is 2.25. The summed E-state index contributed by atoms with van der Waals surface area (Å²) >= 11 is 0. The van der Waals surface area contributed by atoms with Crippen LogP contribution in [0.3, 0.4) is 0 Å². The van der Waals surface area contributed by atoms with E-state index in [0.29, 0.717) is 0 Å². The predicted molar refractivity (Wildman–Crippen MR) is 151 cm³/mol. The van der Waals surface area contributed by atoms with Crippen molar-refractivity contribution in [3.05, 3.63) is 127 Å². The second-order valence-corrected chi connectivity index (χ2v) is 11.0. The number of hydrogen-bond acceptors (Lipinski definition) is 1. The summed E-state index contributed by atoms with van der Waals surface area (Å²) in [7, 11) is 0. The molecule has 0 aliphatic carbocycles. The number of pyridine rings is 3. The van der Waals surface area contributed by atoms with Crippen molar-refractivity contribution >= 4 is 49.0 Å². The van der Waals surface area contributed by atoms with E-state index in [1.165, 1.54) is 71.4 Å². The zero-order chi connectivity index (χ0) is 25.0. The first kappa shape index (κ1) is 18.9. The van der Waals surface area contributed by atoms with Gasteiger partial charge in [-0.1, -0.05) is 53.1 Å². The van der Waals surface area contributed by atoms with Crippen LogP contribution < -0.4 is 13.9 Å². The van der Waals surface area contributed by atoms with E-state index in [1.54, 1.807) is 0 Å². The summed E-state index contributed by atoms with van der Waals surface area (Å²) in [5.41, 5.74) is 9.41. The largest absolute Gasteiger partial charge is 0.426 e. The van der Waals surface area contributed by atoms with Crippen molar-refractivity contribution in [1.29, 1.82) is 0 Å². The fraction of sp³-hybridized carbons (Fsp3) is 0.0286. The summed E-state index contributed by atoms with van der Waals surface area (Å²) in [6, 6.07) is 39.8. The Kier molecular flexibility index (Phi) is 2.87. The summed E-state index contributed by atoms with van der Waals surface area (Å²) in [6.45, 7) is 0. The summed E-state index contributed by atoms with van der Waals surface area (Å²) in [5, 5.41) is 6.29. The third-order valence-corrected chi connectivity index (χ3v) is 9.33. The maximum absolute atomic E-state index is 6.72. The topological polar surface area (TPSA) is 21.4 Å². The molecule has 7 heterocycles. The minimum Gasteiger partial charge on any atom is -0.404 e. The summed E-state index contributed by atoms with van der Waals surface area (Å²) < 4.78 is 14.2. The van der Waals surface area contributed by atoms with Gasteiger partial charge in [0.05, 0.1) is 28.0 Å². The molecule has 0 fully saturated rings. The molecule has 1 atom stereocenters. The van der Waals surface area contributed by atoms with E-state index < -0.39 is 5.66 Å². The molecule has 11 rings (SSSR count). The smallest absolute Gasteiger partial charge is 0.404 e. The number of nitrogens with zero attached hydrogens (tertiary/aromatic N) is 3. The van der Waals surface area contributed by atoms with E-state index in [0.717, 1.165) is 11.6 Å². The third-order valence-electron chi connectivity index (χ3n) is 9.33. The number of hydrogen-bond donors (Lipinski definition) is 0. The molecule has 0 radical (unpaired) electrons.